The van der Waals surface area contributed by atoms with Crippen LogP contribution in [-0.2, 0) is 22.6 Å². The Hall–Kier alpha value is -2.56. The van der Waals surface area contributed by atoms with Crippen molar-refractivity contribution in [1.29, 1.82) is 0 Å². The van der Waals surface area contributed by atoms with Gasteiger partial charge in [-0.05, 0) is 60.2 Å². The van der Waals surface area contributed by atoms with E-state index in [1.54, 1.807) is 17.0 Å². The van der Waals surface area contributed by atoms with E-state index in [0.717, 1.165) is 47.6 Å². The molecule has 0 radical (unpaired) electrons. The topological polar surface area (TPSA) is 49.4 Å². The van der Waals surface area contributed by atoms with Gasteiger partial charge in [-0.2, -0.15) is 0 Å². The standard InChI is InChI=1S/C29H32Cl2N2O2/c1-20(29(35)32-24-11-3-2-4-12-24)33(19-21-14-16-26(30)27(31)18-21)28(34)17-15-23-10-7-9-22-8-5-6-13-25(22)23/h5-10,13-14,16,18,20,24H,2-4,11-12,15,17,19H2,1H3,(H,32,35)/t20-/m0/s1. The molecule has 35 heavy (non-hydrogen) atoms. The minimum absolute atomic E-state index is 0.0599. The van der Waals surface area contributed by atoms with E-state index in [-0.39, 0.29) is 17.9 Å². The third-order valence-corrected chi connectivity index (χ3v) is 7.68. The number of aryl methyl sites for hydroxylation is 1. The van der Waals surface area contributed by atoms with Crippen molar-refractivity contribution < 1.29 is 9.59 Å². The van der Waals surface area contributed by atoms with Gasteiger partial charge < -0.3 is 10.2 Å². The van der Waals surface area contributed by atoms with Crippen LogP contribution in [0.2, 0.25) is 10.0 Å². The van der Waals surface area contributed by atoms with Crippen LogP contribution in [-0.4, -0.2) is 28.8 Å². The van der Waals surface area contributed by atoms with Gasteiger partial charge in [0.1, 0.15) is 6.04 Å². The van der Waals surface area contributed by atoms with Crippen LogP contribution in [0.1, 0.15) is 56.6 Å². The summed E-state index contributed by atoms with van der Waals surface area (Å²) in [6.45, 7) is 2.11. The van der Waals surface area contributed by atoms with E-state index >= 15 is 0 Å². The maximum absolute atomic E-state index is 13.5. The van der Waals surface area contributed by atoms with Crippen LogP contribution < -0.4 is 5.32 Å². The molecule has 1 atom stereocenters. The molecule has 1 N–H and O–H groups in total. The molecule has 0 aromatic heterocycles. The number of amides is 2. The van der Waals surface area contributed by atoms with E-state index in [1.807, 2.05) is 31.2 Å². The van der Waals surface area contributed by atoms with Gasteiger partial charge in [-0.25, -0.2) is 0 Å². The van der Waals surface area contributed by atoms with Gasteiger partial charge in [-0.15, -0.1) is 0 Å². The SMILES string of the molecule is C[C@@H](C(=O)NC1CCCCC1)N(Cc1ccc(Cl)c(Cl)c1)C(=O)CCc1cccc2ccccc12. The fourth-order valence-corrected chi connectivity index (χ4v) is 5.20. The fraction of sp³-hybridized carbons (Fsp3) is 0.379. The average molecular weight is 511 g/mol. The first kappa shape index (κ1) is 25.5. The van der Waals surface area contributed by atoms with Crippen molar-refractivity contribution in [3.8, 4) is 0 Å². The molecule has 3 aromatic carbocycles. The maximum Gasteiger partial charge on any atom is 0.242 e. The van der Waals surface area contributed by atoms with Crippen molar-refractivity contribution in [1.82, 2.24) is 10.2 Å². The van der Waals surface area contributed by atoms with Gasteiger partial charge in [0, 0.05) is 19.0 Å². The van der Waals surface area contributed by atoms with E-state index in [9.17, 15) is 9.59 Å². The highest BCUT2D eigenvalue weighted by Crippen LogP contribution is 2.25. The lowest BCUT2D eigenvalue weighted by Crippen LogP contribution is -2.50. The Morgan fingerprint density at radius 3 is 2.49 bits per heavy atom. The highest BCUT2D eigenvalue weighted by atomic mass is 35.5. The number of rotatable bonds is 8. The molecule has 3 aromatic rings. The monoisotopic (exact) mass is 510 g/mol. The van der Waals surface area contributed by atoms with Crippen molar-refractivity contribution in [3.63, 3.8) is 0 Å². The number of nitrogens with zero attached hydrogens (tertiary/aromatic N) is 1. The van der Waals surface area contributed by atoms with Crippen LogP contribution in [0.5, 0.6) is 0 Å². The summed E-state index contributed by atoms with van der Waals surface area (Å²) in [6, 6.07) is 19.3. The third-order valence-electron chi connectivity index (χ3n) is 6.94. The molecule has 0 aliphatic heterocycles. The van der Waals surface area contributed by atoms with Crippen LogP contribution in [0, 0.1) is 0 Å². The first-order chi connectivity index (χ1) is 16.9. The van der Waals surface area contributed by atoms with Crippen LogP contribution in [0.15, 0.2) is 60.7 Å². The largest absolute Gasteiger partial charge is 0.352 e. The zero-order valence-electron chi connectivity index (χ0n) is 20.1. The molecular weight excluding hydrogens is 479 g/mol. The van der Waals surface area contributed by atoms with Crippen LogP contribution in [0.4, 0.5) is 0 Å². The number of nitrogens with one attached hydrogen (secondary N) is 1. The predicted octanol–water partition coefficient (Wildman–Crippen LogP) is 6.95. The highest BCUT2D eigenvalue weighted by molar-refractivity contribution is 6.42. The smallest absolute Gasteiger partial charge is 0.242 e. The maximum atomic E-state index is 13.5. The average Bonchev–Trinajstić information content (AvgIpc) is 2.88. The lowest BCUT2D eigenvalue weighted by Gasteiger charge is -2.31. The lowest BCUT2D eigenvalue weighted by atomic mass is 9.95. The van der Waals surface area contributed by atoms with E-state index in [2.05, 4.69) is 29.6 Å². The second-order valence-corrected chi connectivity index (χ2v) is 10.2. The Morgan fingerprint density at radius 1 is 0.971 bits per heavy atom. The molecule has 1 fully saturated rings. The second-order valence-electron chi connectivity index (χ2n) is 9.43. The van der Waals surface area contributed by atoms with Gasteiger partial charge >= 0.3 is 0 Å². The van der Waals surface area contributed by atoms with E-state index < -0.39 is 6.04 Å². The molecule has 0 saturated heterocycles. The molecular formula is C29H32Cl2N2O2. The molecule has 0 unspecified atom stereocenters. The summed E-state index contributed by atoms with van der Waals surface area (Å²) >= 11 is 12.3. The van der Waals surface area contributed by atoms with Crippen molar-refractivity contribution in [3.05, 3.63) is 81.8 Å². The summed E-state index contributed by atoms with van der Waals surface area (Å²) in [5.41, 5.74) is 1.97. The minimum Gasteiger partial charge on any atom is -0.352 e. The Bertz CT molecular complexity index is 1190. The summed E-state index contributed by atoms with van der Waals surface area (Å²) < 4.78 is 0. The molecule has 1 aliphatic rings. The zero-order valence-corrected chi connectivity index (χ0v) is 21.6. The first-order valence-corrected chi connectivity index (χ1v) is 13.2. The number of carbonyl (C=O) groups is 2. The Kier molecular flexibility index (Phi) is 8.69. The third kappa shape index (κ3) is 6.56. The molecule has 6 heteroatoms. The molecule has 184 valence electrons. The zero-order chi connectivity index (χ0) is 24.8. The van der Waals surface area contributed by atoms with Gasteiger partial charge in [0.25, 0.3) is 0 Å². The number of halogens is 2. The van der Waals surface area contributed by atoms with E-state index in [1.165, 1.54) is 6.42 Å². The summed E-state index contributed by atoms with van der Waals surface area (Å²) in [7, 11) is 0. The Morgan fingerprint density at radius 2 is 1.71 bits per heavy atom. The molecule has 0 heterocycles. The first-order valence-electron chi connectivity index (χ1n) is 12.4. The van der Waals surface area contributed by atoms with Gasteiger partial charge in [-0.3, -0.25) is 9.59 Å². The molecule has 4 rings (SSSR count). The van der Waals surface area contributed by atoms with Gasteiger partial charge in [0.15, 0.2) is 0 Å². The molecule has 1 aliphatic carbocycles. The molecule has 0 spiro atoms. The quantitative estimate of drug-likeness (QED) is 0.356. The summed E-state index contributed by atoms with van der Waals surface area (Å²) in [5.74, 6) is -0.161. The summed E-state index contributed by atoms with van der Waals surface area (Å²) in [4.78, 5) is 28.4. The van der Waals surface area contributed by atoms with E-state index in [0.29, 0.717) is 29.4 Å². The van der Waals surface area contributed by atoms with Gasteiger partial charge in [0.2, 0.25) is 11.8 Å². The van der Waals surface area contributed by atoms with Crippen molar-refractivity contribution >= 4 is 45.8 Å². The number of carbonyl (C=O) groups excluding carboxylic acids is 2. The van der Waals surface area contributed by atoms with Crippen LogP contribution >= 0.6 is 23.2 Å². The minimum atomic E-state index is -0.591. The number of fused-ring (bicyclic) bond motifs is 1. The fourth-order valence-electron chi connectivity index (χ4n) is 4.88. The van der Waals surface area contributed by atoms with Crippen molar-refractivity contribution in [2.24, 2.45) is 0 Å². The second kappa shape index (κ2) is 11.9. The predicted molar refractivity (Wildman–Crippen MR) is 144 cm³/mol. The summed E-state index contributed by atoms with van der Waals surface area (Å²) in [5, 5.41) is 6.39. The van der Waals surface area contributed by atoms with Crippen LogP contribution in [0.25, 0.3) is 10.8 Å². The molecule has 0 bridgehead atoms. The Balaban J connectivity index is 1.51. The number of hydrogen-bond acceptors (Lipinski definition) is 2. The van der Waals surface area contributed by atoms with Crippen LogP contribution in [0.3, 0.4) is 0 Å². The molecule has 2 amide bonds. The normalized spacial score (nSPS) is 15.1. The number of hydrogen-bond donors (Lipinski definition) is 1. The van der Waals surface area contributed by atoms with Gasteiger partial charge in [0.05, 0.1) is 10.0 Å². The highest BCUT2D eigenvalue weighted by Gasteiger charge is 2.28. The van der Waals surface area contributed by atoms with Crippen molar-refractivity contribution in [2.45, 2.75) is 70.5 Å². The van der Waals surface area contributed by atoms with Gasteiger partial charge in [-0.1, -0.05) is 91.0 Å². The number of benzene rings is 3. The molecule has 4 nitrogen and oxygen atoms in total. The Labute approximate surface area is 217 Å². The summed E-state index contributed by atoms with van der Waals surface area (Å²) in [6.07, 6.45) is 6.41. The van der Waals surface area contributed by atoms with Crippen molar-refractivity contribution in [2.75, 3.05) is 0 Å². The molecule has 1 saturated carbocycles. The van der Waals surface area contributed by atoms with E-state index in [4.69, 9.17) is 23.2 Å². The lowest BCUT2D eigenvalue weighted by molar-refractivity contribution is -0.141.